The van der Waals surface area contributed by atoms with Gasteiger partial charge in [0.25, 0.3) is 0 Å². The van der Waals surface area contributed by atoms with E-state index >= 15 is 0 Å². The highest BCUT2D eigenvalue weighted by Crippen LogP contribution is 2.33. The van der Waals surface area contributed by atoms with Gasteiger partial charge in [-0.25, -0.2) is 0 Å². The Hall–Kier alpha value is -1.27. The molecule has 0 spiro atoms. The summed E-state index contributed by atoms with van der Waals surface area (Å²) < 4.78 is 43.2. The first-order valence-corrected chi connectivity index (χ1v) is 5.76. The summed E-state index contributed by atoms with van der Waals surface area (Å²) in [6, 6.07) is 3.32. The van der Waals surface area contributed by atoms with E-state index in [2.05, 4.69) is 5.16 Å². The van der Waals surface area contributed by atoms with E-state index in [0.29, 0.717) is 6.61 Å². The summed E-state index contributed by atoms with van der Waals surface area (Å²) in [5, 5.41) is 3.83. The maximum absolute atomic E-state index is 12.8. The Balaban J connectivity index is 3.00. The Labute approximate surface area is 113 Å². The summed E-state index contributed by atoms with van der Waals surface area (Å²) in [7, 11) is 1.48. The number of oxime groups is 1. The van der Waals surface area contributed by atoms with Crippen molar-refractivity contribution < 1.29 is 22.7 Å². The van der Waals surface area contributed by atoms with Crippen molar-refractivity contribution in [1.29, 1.82) is 0 Å². The molecule has 3 nitrogen and oxygen atoms in total. The van der Waals surface area contributed by atoms with Crippen LogP contribution in [0.4, 0.5) is 13.2 Å². The van der Waals surface area contributed by atoms with E-state index in [1.54, 1.807) is 0 Å². The minimum atomic E-state index is -4.47. The molecule has 0 N–H and O–H groups in total. The van der Waals surface area contributed by atoms with Crippen molar-refractivity contribution in [2.45, 2.75) is 13.1 Å². The molecule has 0 aromatic heterocycles. The maximum atomic E-state index is 12.8. The predicted molar refractivity (Wildman–Crippen MR) is 66.5 cm³/mol. The molecule has 1 aromatic rings. The third kappa shape index (κ3) is 4.72. The lowest BCUT2D eigenvalue weighted by Crippen LogP contribution is -2.12. The molecule has 0 atom stereocenters. The number of hydrogen-bond donors (Lipinski definition) is 0. The smallest absolute Gasteiger partial charge is 0.393 e. The van der Waals surface area contributed by atoms with Gasteiger partial charge in [0.1, 0.15) is 6.61 Å². The molecule has 0 aliphatic carbocycles. The summed E-state index contributed by atoms with van der Waals surface area (Å²) in [5.41, 5.74) is -0.795. The van der Waals surface area contributed by atoms with Crippen molar-refractivity contribution in [3.63, 3.8) is 0 Å². The van der Waals surface area contributed by atoms with E-state index in [1.807, 2.05) is 0 Å². The van der Waals surface area contributed by atoms with E-state index in [9.17, 15) is 13.2 Å². The monoisotopic (exact) mass is 295 g/mol. The number of rotatable bonds is 5. The Morgan fingerprint density at radius 1 is 1.32 bits per heavy atom. The predicted octanol–water partition coefficient (Wildman–Crippen LogP) is 3.75. The molecule has 0 unspecified atom stereocenters. The van der Waals surface area contributed by atoms with Crippen LogP contribution in [0.1, 0.15) is 18.1 Å². The molecule has 0 bridgehead atoms. The highest BCUT2D eigenvalue weighted by atomic mass is 35.5. The van der Waals surface area contributed by atoms with Gasteiger partial charge in [0.2, 0.25) is 0 Å². The molecule has 0 saturated heterocycles. The van der Waals surface area contributed by atoms with Crippen LogP contribution < -0.4 is 0 Å². The van der Waals surface area contributed by atoms with Crippen LogP contribution in [0.15, 0.2) is 23.4 Å². The third-order valence-corrected chi connectivity index (χ3v) is 2.49. The molecule has 0 aliphatic heterocycles. The van der Waals surface area contributed by atoms with Gasteiger partial charge in [-0.05, 0) is 25.1 Å². The molecule has 1 aromatic carbocycles. The highest BCUT2D eigenvalue weighted by Gasteiger charge is 2.34. The molecule has 1 rings (SSSR count). The first-order valence-electron chi connectivity index (χ1n) is 5.39. The molecule has 0 fully saturated rings. The summed E-state index contributed by atoms with van der Waals surface area (Å²) in [6.07, 6.45) is -4.47. The summed E-state index contributed by atoms with van der Waals surface area (Å²) in [5.74, 6) is 0. The molecular weight excluding hydrogens is 283 g/mol. The van der Waals surface area contributed by atoms with Crippen LogP contribution in [-0.4, -0.2) is 26.0 Å². The van der Waals surface area contributed by atoms with Gasteiger partial charge in [-0.3, -0.25) is 0 Å². The van der Waals surface area contributed by atoms with Crippen LogP contribution in [-0.2, 0) is 15.8 Å². The first kappa shape index (κ1) is 15.8. The van der Waals surface area contributed by atoms with Crippen molar-refractivity contribution in [3.8, 4) is 0 Å². The van der Waals surface area contributed by atoms with Crippen molar-refractivity contribution in [2.24, 2.45) is 5.16 Å². The van der Waals surface area contributed by atoms with Gasteiger partial charge >= 0.3 is 6.18 Å². The SMILES string of the molecule is COCCON=C(C)c1cc(Cl)ccc1C(F)(F)F. The van der Waals surface area contributed by atoms with E-state index in [4.69, 9.17) is 21.2 Å². The molecule has 0 saturated carbocycles. The quantitative estimate of drug-likeness (QED) is 0.470. The second kappa shape index (κ2) is 6.77. The number of nitrogens with zero attached hydrogens (tertiary/aromatic N) is 1. The second-order valence-electron chi connectivity index (χ2n) is 3.69. The average Bonchev–Trinajstić information content (AvgIpc) is 2.32. The Bertz CT molecular complexity index is 461. The lowest BCUT2D eigenvalue weighted by Gasteiger charge is -2.12. The molecule has 0 radical (unpaired) electrons. The lowest BCUT2D eigenvalue weighted by molar-refractivity contribution is -0.137. The Kier molecular flexibility index (Phi) is 5.62. The van der Waals surface area contributed by atoms with Crippen LogP contribution in [0.25, 0.3) is 0 Å². The molecule has 106 valence electrons. The van der Waals surface area contributed by atoms with Crippen LogP contribution in [0.2, 0.25) is 5.02 Å². The zero-order valence-corrected chi connectivity index (χ0v) is 11.2. The molecular formula is C12H13ClF3NO2. The number of alkyl halides is 3. The summed E-state index contributed by atoms with van der Waals surface area (Å²) >= 11 is 5.71. The van der Waals surface area contributed by atoms with E-state index in [1.165, 1.54) is 26.2 Å². The molecule has 7 heteroatoms. The van der Waals surface area contributed by atoms with Gasteiger partial charge in [-0.2, -0.15) is 13.2 Å². The topological polar surface area (TPSA) is 30.8 Å². The number of benzene rings is 1. The van der Waals surface area contributed by atoms with Gasteiger partial charge in [-0.1, -0.05) is 16.8 Å². The fourth-order valence-electron chi connectivity index (χ4n) is 1.38. The zero-order valence-electron chi connectivity index (χ0n) is 10.4. The van der Waals surface area contributed by atoms with Crippen molar-refractivity contribution in [1.82, 2.24) is 0 Å². The van der Waals surface area contributed by atoms with Gasteiger partial charge in [0.15, 0.2) is 0 Å². The van der Waals surface area contributed by atoms with E-state index in [-0.39, 0.29) is 22.9 Å². The average molecular weight is 296 g/mol. The minimum Gasteiger partial charge on any atom is -0.393 e. The van der Waals surface area contributed by atoms with Crippen molar-refractivity contribution in [3.05, 3.63) is 34.3 Å². The van der Waals surface area contributed by atoms with Gasteiger partial charge in [0.05, 0.1) is 17.9 Å². The maximum Gasteiger partial charge on any atom is 0.417 e. The standard InChI is InChI=1S/C12H13ClF3NO2/c1-8(17-19-6-5-18-2)10-7-9(13)3-4-11(10)12(14,15)16/h3-4,7H,5-6H2,1-2H3. The normalized spacial score (nSPS) is 12.6. The largest absolute Gasteiger partial charge is 0.417 e. The zero-order chi connectivity index (χ0) is 14.5. The van der Waals surface area contributed by atoms with Crippen LogP contribution in [0.3, 0.4) is 0 Å². The number of halogens is 4. The summed E-state index contributed by atoms with van der Waals surface area (Å²) in [6.45, 7) is 1.89. The Morgan fingerprint density at radius 2 is 2.00 bits per heavy atom. The van der Waals surface area contributed by atoms with Gasteiger partial charge in [0, 0.05) is 17.7 Å². The lowest BCUT2D eigenvalue weighted by atomic mass is 10.0. The molecule has 19 heavy (non-hydrogen) atoms. The highest BCUT2D eigenvalue weighted by molar-refractivity contribution is 6.31. The second-order valence-corrected chi connectivity index (χ2v) is 4.13. The molecule has 0 aliphatic rings. The van der Waals surface area contributed by atoms with Crippen LogP contribution in [0.5, 0.6) is 0 Å². The fraction of sp³-hybridized carbons (Fsp3) is 0.417. The number of ether oxygens (including phenoxy) is 1. The fourth-order valence-corrected chi connectivity index (χ4v) is 1.55. The summed E-state index contributed by atoms with van der Waals surface area (Å²) in [4.78, 5) is 4.85. The Morgan fingerprint density at radius 3 is 2.58 bits per heavy atom. The van der Waals surface area contributed by atoms with Crippen molar-refractivity contribution in [2.75, 3.05) is 20.3 Å². The third-order valence-electron chi connectivity index (χ3n) is 2.26. The molecule has 0 heterocycles. The first-order chi connectivity index (χ1) is 8.86. The molecule has 0 amide bonds. The van der Waals surface area contributed by atoms with E-state index in [0.717, 1.165) is 6.07 Å². The van der Waals surface area contributed by atoms with Crippen LogP contribution >= 0.6 is 11.6 Å². The minimum absolute atomic E-state index is 0.0996. The number of methoxy groups -OCH3 is 1. The van der Waals surface area contributed by atoms with Crippen LogP contribution in [0, 0.1) is 0 Å². The van der Waals surface area contributed by atoms with Gasteiger partial charge in [-0.15, -0.1) is 0 Å². The van der Waals surface area contributed by atoms with Gasteiger partial charge < -0.3 is 9.57 Å². The van der Waals surface area contributed by atoms with Crippen molar-refractivity contribution >= 4 is 17.3 Å². The van der Waals surface area contributed by atoms with E-state index < -0.39 is 11.7 Å². The number of hydrogen-bond acceptors (Lipinski definition) is 3.